The van der Waals surface area contributed by atoms with E-state index in [1.54, 1.807) is 13.8 Å². The van der Waals surface area contributed by atoms with Gasteiger partial charge in [0.2, 0.25) is 0 Å². The van der Waals surface area contributed by atoms with Crippen molar-refractivity contribution < 1.29 is 50.5 Å². The van der Waals surface area contributed by atoms with Crippen LogP contribution in [0.2, 0.25) is 0 Å². The number of carbonyl (C=O) groups excluding carboxylic acids is 3. The van der Waals surface area contributed by atoms with Crippen LogP contribution in [0.1, 0.15) is 31.8 Å². The predicted molar refractivity (Wildman–Crippen MR) is 202 cm³/mol. The van der Waals surface area contributed by atoms with Crippen LogP contribution in [0.4, 0.5) is 27.5 Å². The highest BCUT2D eigenvalue weighted by atomic mass is 32.2. The molecule has 17 heteroatoms. The van der Waals surface area contributed by atoms with Crippen molar-refractivity contribution in [1.29, 1.82) is 0 Å². The number of phenols is 2. The number of fused-ring (bicyclic) bond motifs is 2. The van der Waals surface area contributed by atoms with Gasteiger partial charge in [-0.1, -0.05) is 24.3 Å². The molecule has 0 bridgehead atoms. The van der Waals surface area contributed by atoms with E-state index in [0.29, 0.717) is 22.5 Å². The molecule has 0 atom stereocenters. The zero-order valence-corrected chi connectivity index (χ0v) is 29.8. The monoisotopic (exact) mass is 770 g/mol. The van der Waals surface area contributed by atoms with Crippen LogP contribution in [0.25, 0.3) is 21.5 Å². The number of hydrogen-bond acceptors (Lipinski definition) is 9. The lowest BCUT2D eigenvalue weighted by Crippen LogP contribution is -2.21. The Kier molecular flexibility index (Phi) is 9.74. The Labute approximate surface area is 307 Å². The van der Waals surface area contributed by atoms with E-state index >= 15 is 0 Å². The number of aryl methyl sites for hydroxylation is 2. The van der Waals surface area contributed by atoms with Crippen LogP contribution >= 0.6 is 0 Å². The van der Waals surface area contributed by atoms with E-state index in [1.807, 2.05) is 0 Å². The number of anilines is 4. The highest BCUT2D eigenvalue weighted by Crippen LogP contribution is 2.37. The fourth-order valence-corrected chi connectivity index (χ4v) is 7.34. The molecule has 0 saturated heterocycles. The van der Waals surface area contributed by atoms with Gasteiger partial charge in [-0.15, -0.1) is 0 Å². The van der Waals surface area contributed by atoms with Crippen LogP contribution in [0.15, 0.2) is 107 Å². The van der Waals surface area contributed by atoms with Gasteiger partial charge < -0.3 is 31.5 Å². The zero-order valence-electron chi connectivity index (χ0n) is 28.2. The third-order valence-corrected chi connectivity index (χ3v) is 10.3. The first-order valence-electron chi connectivity index (χ1n) is 15.8. The lowest BCUT2D eigenvalue weighted by atomic mass is 10.1. The number of amides is 4. The zero-order chi connectivity index (χ0) is 39.1. The number of benzene rings is 6. The number of aromatic hydroxyl groups is 2. The minimum atomic E-state index is -4.68. The molecule has 0 unspecified atom stereocenters. The van der Waals surface area contributed by atoms with Gasteiger partial charge in [0.25, 0.3) is 32.1 Å². The smallest absolute Gasteiger partial charge is 0.323 e. The predicted octanol–water partition coefficient (Wildman–Crippen LogP) is 6.66. The molecule has 8 N–H and O–H groups in total. The summed E-state index contributed by atoms with van der Waals surface area (Å²) in [5.74, 6) is -1.95. The average Bonchev–Trinajstić information content (AvgIpc) is 3.09. The first-order chi connectivity index (χ1) is 25.4. The van der Waals surface area contributed by atoms with Gasteiger partial charge in [-0.3, -0.25) is 18.7 Å². The van der Waals surface area contributed by atoms with Crippen LogP contribution in [0.5, 0.6) is 11.5 Å². The van der Waals surface area contributed by atoms with E-state index in [0.717, 1.165) is 12.1 Å². The van der Waals surface area contributed by atoms with Crippen LogP contribution in [-0.2, 0) is 20.2 Å². The molecule has 15 nitrogen and oxygen atoms in total. The number of urea groups is 1. The summed E-state index contributed by atoms with van der Waals surface area (Å²) in [6.45, 7) is 3.33. The van der Waals surface area contributed by atoms with Crippen LogP contribution in [0, 0.1) is 13.8 Å². The van der Waals surface area contributed by atoms with Gasteiger partial charge in [0, 0.05) is 55.4 Å². The maximum absolute atomic E-state index is 13.2. The first-order valence-corrected chi connectivity index (χ1v) is 18.7. The quantitative estimate of drug-likeness (QED) is 0.0760. The first kappa shape index (κ1) is 37.2. The van der Waals surface area contributed by atoms with Gasteiger partial charge >= 0.3 is 6.03 Å². The van der Waals surface area contributed by atoms with E-state index in [-0.39, 0.29) is 44.0 Å². The molecule has 0 fully saturated rings. The molecule has 6 aromatic carbocycles. The average molecular weight is 771 g/mol. The van der Waals surface area contributed by atoms with Crippen molar-refractivity contribution in [2.24, 2.45) is 0 Å². The van der Waals surface area contributed by atoms with Crippen molar-refractivity contribution in [2.45, 2.75) is 23.6 Å². The van der Waals surface area contributed by atoms with Crippen LogP contribution in [0.3, 0.4) is 0 Å². The second kappa shape index (κ2) is 14.1. The lowest BCUT2D eigenvalue weighted by Gasteiger charge is -2.15. The summed E-state index contributed by atoms with van der Waals surface area (Å²) in [4.78, 5) is 38.3. The van der Waals surface area contributed by atoms with Gasteiger partial charge in [-0.2, -0.15) is 16.8 Å². The van der Waals surface area contributed by atoms with E-state index in [4.69, 9.17) is 0 Å². The summed E-state index contributed by atoms with van der Waals surface area (Å²) < 4.78 is 66.7. The summed E-state index contributed by atoms with van der Waals surface area (Å²) >= 11 is 0. The normalized spacial score (nSPS) is 11.6. The van der Waals surface area contributed by atoms with Gasteiger partial charge in [-0.25, -0.2) is 4.79 Å². The lowest BCUT2D eigenvalue weighted by molar-refractivity contribution is 0.101. The standard InChI is InChI=1S/C37H30N4O11S2/c1-19-17-21(35(44)38-27-13-15-31(53(47,48)49)33-23(27)5-3-7-29(33)42)9-11-25(19)40-37(46)41-26-12-10-22(18-20(26)2)36(45)39-28-14-16-32(54(50,51)52)34-24(28)6-4-8-30(34)43/h3-18,42-43H,1-2H3,(H,38,44)(H,39,45)(H2,40,41,46)(H,47,48,49)(H,50,51,52). The molecule has 0 aliphatic carbocycles. The molecule has 4 amide bonds. The van der Waals surface area contributed by atoms with Gasteiger partial charge in [0.05, 0.1) is 0 Å². The van der Waals surface area contributed by atoms with Crippen molar-refractivity contribution in [3.8, 4) is 11.5 Å². The maximum Gasteiger partial charge on any atom is 0.323 e. The fourth-order valence-electron chi connectivity index (χ4n) is 5.91. The van der Waals surface area contributed by atoms with Crippen molar-refractivity contribution in [3.05, 3.63) is 119 Å². The molecule has 0 heterocycles. The summed E-state index contributed by atoms with van der Waals surface area (Å²) in [6.07, 6.45) is 0. The summed E-state index contributed by atoms with van der Waals surface area (Å²) in [5, 5.41) is 31.4. The van der Waals surface area contributed by atoms with E-state index in [1.165, 1.54) is 84.9 Å². The molecule has 0 radical (unpaired) electrons. The Bertz CT molecular complexity index is 2600. The topological polar surface area (TPSA) is 249 Å². The second-order valence-electron chi connectivity index (χ2n) is 12.1. The van der Waals surface area contributed by atoms with Crippen molar-refractivity contribution in [2.75, 3.05) is 21.3 Å². The Balaban J connectivity index is 1.13. The van der Waals surface area contributed by atoms with Gasteiger partial charge in [0.1, 0.15) is 21.3 Å². The SMILES string of the molecule is Cc1cc(C(=O)Nc2ccc(S(=O)(=O)O)c3c(O)cccc23)ccc1NC(=O)Nc1ccc(C(=O)Nc2ccc(S(=O)(=O)O)c3c(O)cccc23)cc1C. The minimum Gasteiger partial charge on any atom is -0.507 e. The molecule has 54 heavy (non-hydrogen) atoms. The van der Waals surface area contributed by atoms with Gasteiger partial charge in [0.15, 0.2) is 0 Å². The fraction of sp³-hybridized carbons (Fsp3) is 0.0541. The Morgan fingerprint density at radius 3 is 1.22 bits per heavy atom. The molecule has 6 rings (SSSR count). The summed E-state index contributed by atoms with van der Waals surface area (Å²) in [5.41, 5.74) is 2.57. The Hall–Kier alpha value is -6.53. The van der Waals surface area contributed by atoms with E-state index in [2.05, 4.69) is 21.3 Å². The molecule has 276 valence electrons. The van der Waals surface area contributed by atoms with Crippen molar-refractivity contribution >= 4 is 82.4 Å². The molecule has 0 aromatic heterocycles. The molecule has 0 saturated carbocycles. The maximum atomic E-state index is 13.2. The number of phenolic OH excluding ortho intramolecular Hbond substituents is 2. The molecule has 0 aliphatic heterocycles. The Morgan fingerprint density at radius 2 is 0.870 bits per heavy atom. The number of rotatable bonds is 8. The number of nitrogens with one attached hydrogen (secondary N) is 4. The third-order valence-electron chi connectivity index (χ3n) is 8.49. The van der Waals surface area contributed by atoms with Crippen LogP contribution in [-0.4, -0.2) is 54.0 Å². The molecule has 6 aromatic rings. The highest BCUT2D eigenvalue weighted by molar-refractivity contribution is 7.86. The van der Waals surface area contributed by atoms with E-state index in [9.17, 15) is 50.5 Å². The largest absolute Gasteiger partial charge is 0.507 e. The number of hydrogen-bond donors (Lipinski definition) is 8. The second-order valence-corrected chi connectivity index (χ2v) is 14.9. The van der Waals surface area contributed by atoms with Gasteiger partial charge in [-0.05, 0) is 97.8 Å². The van der Waals surface area contributed by atoms with Crippen molar-refractivity contribution in [3.63, 3.8) is 0 Å². The van der Waals surface area contributed by atoms with Crippen LogP contribution < -0.4 is 21.3 Å². The molecular formula is C37H30N4O11S2. The summed E-state index contributed by atoms with van der Waals surface area (Å²) in [6, 6.07) is 21.5. The van der Waals surface area contributed by atoms with E-state index < -0.39 is 59.4 Å². The molecule has 0 spiro atoms. The number of carbonyl (C=O) groups is 3. The molecular weight excluding hydrogens is 741 g/mol. The summed E-state index contributed by atoms with van der Waals surface area (Å²) in [7, 11) is -9.35. The van der Waals surface area contributed by atoms with Crippen molar-refractivity contribution in [1.82, 2.24) is 0 Å². The third kappa shape index (κ3) is 7.50. The molecule has 0 aliphatic rings. The minimum absolute atomic E-state index is 0.158. The highest BCUT2D eigenvalue weighted by Gasteiger charge is 2.22. The Morgan fingerprint density at radius 1 is 0.500 bits per heavy atom.